The molecular formula is C7H12N2O4S. The van der Waals surface area contributed by atoms with Crippen LogP contribution in [0.1, 0.15) is 19.0 Å². The zero-order valence-corrected chi connectivity index (χ0v) is 8.54. The van der Waals surface area contributed by atoms with Crippen molar-refractivity contribution in [1.82, 2.24) is 9.78 Å². The summed E-state index contributed by atoms with van der Waals surface area (Å²) in [5.74, 6) is -0.557. The maximum Gasteiger partial charge on any atom is 0.270 e. The standard InChI is InChI=1S/C7H12N2O4S/c1-2-3-9-7(10)4-6(8-9)5-14(11,12)13/h4,8H,2-3,5H2,1H3,(H,11,12,13). The van der Waals surface area contributed by atoms with Gasteiger partial charge in [-0.05, 0) is 6.42 Å². The van der Waals surface area contributed by atoms with E-state index in [0.29, 0.717) is 6.54 Å². The van der Waals surface area contributed by atoms with Crippen molar-refractivity contribution in [2.24, 2.45) is 0 Å². The molecule has 0 aliphatic heterocycles. The molecular weight excluding hydrogens is 208 g/mol. The van der Waals surface area contributed by atoms with Crippen LogP contribution in [0.2, 0.25) is 0 Å². The Bertz CT molecular complexity index is 456. The summed E-state index contributed by atoms with van der Waals surface area (Å²) in [6, 6.07) is 1.17. The molecule has 0 aromatic carbocycles. The van der Waals surface area contributed by atoms with E-state index >= 15 is 0 Å². The van der Waals surface area contributed by atoms with Crippen LogP contribution in [-0.2, 0) is 22.4 Å². The molecule has 0 spiro atoms. The Kier molecular flexibility index (Phi) is 3.12. The maximum atomic E-state index is 11.2. The average Bonchev–Trinajstić information content (AvgIpc) is 2.28. The van der Waals surface area contributed by atoms with Crippen LogP contribution in [0.5, 0.6) is 0 Å². The van der Waals surface area contributed by atoms with Crippen molar-refractivity contribution in [2.45, 2.75) is 25.6 Å². The van der Waals surface area contributed by atoms with Crippen molar-refractivity contribution in [3.05, 3.63) is 22.1 Å². The summed E-state index contributed by atoms with van der Waals surface area (Å²) in [6.07, 6.45) is 0.770. The molecule has 0 amide bonds. The first-order valence-corrected chi connectivity index (χ1v) is 5.77. The molecule has 0 bridgehead atoms. The molecule has 0 saturated carbocycles. The molecule has 14 heavy (non-hydrogen) atoms. The Morgan fingerprint density at radius 3 is 2.71 bits per heavy atom. The van der Waals surface area contributed by atoms with Gasteiger partial charge in [0, 0.05) is 12.6 Å². The molecule has 1 aromatic heterocycles. The smallest absolute Gasteiger partial charge is 0.270 e. The Labute approximate surface area is 81.3 Å². The lowest BCUT2D eigenvalue weighted by atomic mass is 10.5. The fraction of sp³-hybridized carbons (Fsp3) is 0.571. The number of rotatable bonds is 4. The van der Waals surface area contributed by atoms with Crippen molar-refractivity contribution < 1.29 is 13.0 Å². The predicted molar refractivity (Wildman–Crippen MR) is 50.6 cm³/mol. The van der Waals surface area contributed by atoms with Crippen LogP contribution in [0.3, 0.4) is 0 Å². The second-order valence-electron chi connectivity index (χ2n) is 3.00. The Hall–Kier alpha value is -1.08. The van der Waals surface area contributed by atoms with Crippen LogP contribution in [0.15, 0.2) is 10.9 Å². The zero-order chi connectivity index (χ0) is 10.8. The molecule has 1 aromatic rings. The maximum absolute atomic E-state index is 11.2. The highest BCUT2D eigenvalue weighted by atomic mass is 32.2. The minimum atomic E-state index is -4.08. The topological polar surface area (TPSA) is 92.2 Å². The monoisotopic (exact) mass is 220 g/mol. The van der Waals surface area contributed by atoms with E-state index in [1.165, 1.54) is 10.7 Å². The first-order valence-electron chi connectivity index (χ1n) is 4.16. The number of hydrogen-bond donors (Lipinski definition) is 2. The summed E-state index contributed by atoms with van der Waals surface area (Å²) in [7, 11) is -4.08. The first-order chi connectivity index (χ1) is 6.42. The van der Waals surface area contributed by atoms with Gasteiger partial charge in [0.05, 0.1) is 5.69 Å². The zero-order valence-electron chi connectivity index (χ0n) is 7.73. The third-order valence-corrected chi connectivity index (χ3v) is 2.30. The number of aryl methyl sites for hydroxylation is 1. The first kappa shape index (κ1) is 11.0. The molecule has 6 nitrogen and oxygen atoms in total. The average molecular weight is 220 g/mol. The van der Waals surface area contributed by atoms with Gasteiger partial charge in [0.1, 0.15) is 5.75 Å². The van der Waals surface area contributed by atoms with Crippen LogP contribution >= 0.6 is 0 Å². The van der Waals surface area contributed by atoms with Crippen LogP contribution in [0.4, 0.5) is 0 Å². The second-order valence-corrected chi connectivity index (χ2v) is 4.45. The van der Waals surface area contributed by atoms with Crippen molar-refractivity contribution in [1.29, 1.82) is 0 Å². The number of hydrogen-bond acceptors (Lipinski definition) is 3. The van der Waals surface area contributed by atoms with E-state index in [9.17, 15) is 13.2 Å². The van der Waals surface area contributed by atoms with E-state index in [0.717, 1.165) is 6.42 Å². The third-order valence-electron chi connectivity index (χ3n) is 1.63. The van der Waals surface area contributed by atoms with Crippen LogP contribution in [-0.4, -0.2) is 22.8 Å². The van der Waals surface area contributed by atoms with E-state index in [2.05, 4.69) is 5.10 Å². The summed E-state index contributed by atoms with van der Waals surface area (Å²) >= 11 is 0. The molecule has 0 aliphatic carbocycles. The van der Waals surface area contributed by atoms with Gasteiger partial charge in [0.15, 0.2) is 0 Å². The van der Waals surface area contributed by atoms with Gasteiger partial charge in [0.2, 0.25) is 0 Å². The minimum absolute atomic E-state index is 0.200. The SMILES string of the molecule is CCCn1[nH]c(CS(=O)(=O)O)cc1=O. The molecule has 2 N–H and O–H groups in total. The highest BCUT2D eigenvalue weighted by Gasteiger charge is 2.10. The van der Waals surface area contributed by atoms with Gasteiger partial charge >= 0.3 is 0 Å². The number of aromatic amines is 1. The summed E-state index contributed by atoms with van der Waals surface area (Å²) in [6.45, 7) is 2.40. The van der Waals surface area contributed by atoms with Crippen LogP contribution < -0.4 is 5.56 Å². The minimum Gasteiger partial charge on any atom is -0.299 e. The molecule has 0 aliphatic rings. The lowest BCUT2D eigenvalue weighted by Gasteiger charge is -1.97. The Balaban J connectivity index is 2.92. The number of aromatic nitrogens is 2. The lowest BCUT2D eigenvalue weighted by molar-refractivity contribution is 0.480. The quantitative estimate of drug-likeness (QED) is 0.697. The Morgan fingerprint density at radius 1 is 1.57 bits per heavy atom. The van der Waals surface area contributed by atoms with Gasteiger partial charge in [-0.2, -0.15) is 8.42 Å². The van der Waals surface area contributed by atoms with E-state index in [1.54, 1.807) is 0 Å². The molecule has 1 heterocycles. The highest BCUT2D eigenvalue weighted by Crippen LogP contribution is 1.98. The second kappa shape index (κ2) is 3.97. The summed E-state index contributed by atoms with van der Waals surface area (Å²) in [5.41, 5.74) is -0.0866. The molecule has 7 heteroatoms. The van der Waals surface area contributed by atoms with E-state index < -0.39 is 15.9 Å². The lowest BCUT2D eigenvalue weighted by Crippen LogP contribution is -2.15. The molecule has 0 radical (unpaired) electrons. The number of nitrogens with one attached hydrogen (secondary N) is 1. The molecule has 0 atom stereocenters. The largest absolute Gasteiger partial charge is 0.299 e. The fourth-order valence-electron chi connectivity index (χ4n) is 1.15. The van der Waals surface area contributed by atoms with E-state index in [1.807, 2.05) is 6.92 Å². The van der Waals surface area contributed by atoms with Gasteiger partial charge < -0.3 is 0 Å². The van der Waals surface area contributed by atoms with E-state index in [-0.39, 0.29) is 11.3 Å². The summed E-state index contributed by atoms with van der Waals surface area (Å²) < 4.78 is 30.9. The number of nitrogens with zero attached hydrogens (tertiary/aromatic N) is 1. The van der Waals surface area contributed by atoms with Crippen LogP contribution in [0.25, 0.3) is 0 Å². The predicted octanol–water partition coefficient (Wildman–Crippen LogP) is -0.0258. The van der Waals surface area contributed by atoms with Crippen molar-refractivity contribution in [3.63, 3.8) is 0 Å². The van der Waals surface area contributed by atoms with Crippen molar-refractivity contribution >= 4 is 10.1 Å². The normalized spacial score (nSPS) is 11.9. The molecule has 0 unspecified atom stereocenters. The van der Waals surface area contributed by atoms with Crippen molar-refractivity contribution in [3.8, 4) is 0 Å². The molecule has 80 valence electrons. The number of H-pyrrole nitrogens is 1. The Morgan fingerprint density at radius 2 is 2.21 bits per heavy atom. The van der Waals surface area contributed by atoms with Crippen LogP contribution in [0, 0.1) is 0 Å². The van der Waals surface area contributed by atoms with E-state index in [4.69, 9.17) is 4.55 Å². The third kappa shape index (κ3) is 3.00. The summed E-state index contributed by atoms with van der Waals surface area (Å²) in [4.78, 5) is 11.2. The van der Waals surface area contributed by atoms with Gasteiger partial charge in [-0.1, -0.05) is 6.92 Å². The summed E-state index contributed by atoms with van der Waals surface area (Å²) in [5, 5.41) is 2.60. The van der Waals surface area contributed by atoms with Gasteiger partial charge in [-0.3, -0.25) is 19.1 Å². The van der Waals surface area contributed by atoms with Gasteiger partial charge in [0.25, 0.3) is 15.7 Å². The highest BCUT2D eigenvalue weighted by molar-refractivity contribution is 7.84. The molecule has 1 rings (SSSR count). The molecule has 0 saturated heterocycles. The molecule has 0 fully saturated rings. The van der Waals surface area contributed by atoms with Crippen molar-refractivity contribution in [2.75, 3.05) is 0 Å². The van der Waals surface area contributed by atoms with Gasteiger partial charge in [-0.25, -0.2) is 0 Å². The van der Waals surface area contributed by atoms with Gasteiger partial charge in [-0.15, -0.1) is 0 Å². The fourth-order valence-corrected chi connectivity index (χ4v) is 1.69.